The van der Waals surface area contributed by atoms with Gasteiger partial charge in [-0.05, 0) is 98.8 Å². The Morgan fingerprint density at radius 2 is 1.69 bits per heavy atom. The molecule has 2 N–H and O–H groups in total. The summed E-state index contributed by atoms with van der Waals surface area (Å²) in [6.07, 6.45) is 0.650. The molecule has 32 heavy (non-hydrogen) atoms. The molecule has 0 aliphatic rings. The lowest BCUT2D eigenvalue weighted by atomic mass is 10.0. The van der Waals surface area contributed by atoms with E-state index in [1.807, 2.05) is 12.1 Å². The summed E-state index contributed by atoms with van der Waals surface area (Å²) in [5.41, 5.74) is 1.51. The van der Waals surface area contributed by atoms with Gasteiger partial charge in [-0.2, -0.15) is 0 Å². The first-order valence-corrected chi connectivity index (χ1v) is 13.8. The SMILES string of the molecule is CP(C)(=O)Cc1cc(Br)c(Oc2ccc(O)c(Cc3ccc(F)c(C(=O)O)c3)c2)c(Br)c1. The van der Waals surface area contributed by atoms with Gasteiger partial charge >= 0.3 is 5.97 Å². The van der Waals surface area contributed by atoms with Gasteiger partial charge in [0.1, 0.15) is 17.3 Å². The van der Waals surface area contributed by atoms with Crippen molar-refractivity contribution < 1.29 is 28.7 Å². The number of hydrogen-bond acceptors (Lipinski definition) is 4. The topological polar surface area (TPSA) is 83.8 Å². The second-order valence-corrected chi connectivity index (χ2v) is 13.0. The van der Waals surface area contributed by atoms with Crippen LogP contribution in [0.5, 0.6) is 17.2 Å². The summed E-state index contributed by atoms with van der Waals surface area (Å²) < 4.78 is 33.2. The van der Waals surface area contributed by atoms with Crippen LogP contribution in [0.3, 0.4) is 0 Å². The zero-order chi connectivity index (χ0) is 23.6. The van der Waals surface area contributed by atoms with Crippen LogP contribution in [0.4, 0.5) is 4.39 Å². The number of benzene rings is 3. The van der Waals surface area contributed by atoms with E-state index in [2.05, 4.69) is 31.9 Å². The molecular formula is C23H20Br2FO5P. The van der Waals surface area contributed by atoms with Crippen LogP contribution < -0.4 is 4.74 Å². The number of carbonyl (C=O) groups is 1. The van der Waals surface area contributed by atoms with Crippen LogP contribution in [0, 0.1) is 5.82 Å². The molecule has 168 valence electrons. The summed E-state index contributed by atoms with van der Waals surface area (Å²) >= 11 is 6.99. The molecule has 0 heterocycles. The maximum Gasteiger partial charge on any atom is 0.338 e. The summed E-state index contributed by atoms with van der Waals surface area (Å²) in [4.78, 5) is 11.2. The molecule has 0 atom stereocenters. The molecule has 9 heteroatoms. The number of carboxylic acid groups (broad SMARTS) is 1. The smallest absolute Gasteiger partial charge is 0.338 e. The molecule has 0 saturated heterocycles. The van der Waals surface area contributed by atoms with Crippen LogP contribution in [0.2, 0.25) is 0 Å². The molecule has 3 aromatic rings. The summed E-state index contributed by atoms with van der Waals surface area (Å²) in [7, 11) is -2.24. The van der Waals surface area contributed by atoms with Gasteiger partial charge < -0.3 is 19.5 Å². The van der Waals surface area contributed by atoms with Crippen LogP contribution in [-0.2, 0) is 17.1 Å². The molecule has 0 unspecified atom stereocenters. The number of aromatic hydroxyl groups is 1. The highest BCUT2D eigenvalue weighted by Crippen LogP contribution is 2.44. The first-order valence-electron chi connectivity index (χ1n) is 9.46. The van der Waals surface area contributed by atoms with Gasteiger partial charge in [-0.15, -0.1) is 0 Å². The van der Waals surface area contributed by atoms with Gasteiger partial charge in [-0.1, -0.05) is 6.07 Å². The molecule has 0 spiro atoms. The van der Waals surface area contributed by atoms with E-state index in [1.165, 1.54) is 18.2 Å². The fourth-order valence-corrected chi connectivity index (χ4v) is 5.70. The predicted octanol–water partition coefficient (Wildman–Crippen LogP) is 7.26. The third kappa shape index (κ3) is 6.21. The Labute approximate surface area is 201 Å². The molecule has 0 radical (unpaired) electrons. The van der Waals surface area contributed by atoms with Crippen molar-refractivity contribution in [2.75, 3.05) is 13.3 Å². The van der Waals surface area contributed by atoms with E-state index in [1.54, 1.807) is 25.5 Å². The fraction of sp³-hybridized carbons (Fsp3) is 0.174. The quantitative estimate of drug-likeness (QED) is 0.285. The molecule has 0 aliphatic carbocycles. The van der Waals surface area contributed by atoms with Crippen molar-refractivity contribution in [3.63, 3.8) is 0 Å². The van der Waals surface area contributed by atoms with E-state index in [0.29, 0.717) is 37.7 Å². The Morgan fingerprint density at radius 3 is 2.28 bits per heavy atom. The molecule has 0 aliphatic heterocycles. The number of hydrogen-bond donors (Lipinski definition) is 2. The van der Waals surface area contributed by atoms with Crippen molar-refractivity contribution in [2.24, 2.45) is 0 Å². The minimum absolute atomic E-state index is 0.00803. The lowest BCUT2D eigenvalue weighted by Crippen LogP contribution is -2.02. The predicted molar refractivity (Wildman–Crippen MR) is 129 cm³/mol. The van der Waals surface area contributed by atoms with Gasteiger partial charge in [0.15, 0.2) is 5.75 Å². The maximum atomic E-state index is 13.7. The van der Waals surface area contributed by atoms with Crippen LogP contribution in [0.25, 0.3) is 0 Å². The summed E-state index contributed by atoms with van der Waals surface area (Å²) in [6.45, 7) is 3.47. The van der Waals surface area contributed by atoms with Crippen molar-refractivity contribution in [3.05, 3.63) is 85.5 Å². The molecule has 0 bridgehead atoms. The minimum Gasteiger partial charge on any atom is -0.508 e. The number of phenolic OH excluding ortho intramolecular Hbond substituents is 1. The Morgan fingerprint density at radius 1 is 1.03 bits per heavy atom. The van der Waals surface area contributed by atoms with E-state index in [-0.39, 0.29) is 12.2 Å². The largest absolute Gasteiger partial charge is 0.508 e. The lowest BCUT2D eigenvalue weighted by Gasteiger charge is -2.15. The van der Waals surface area contributed by atoms with Gasteiger partial charge in [0.2, 0.25) is 0 Å². The van der Waals surface area contributed by atoms with E-state index in [0.717, 1.165) is 11.6 Å². The Bertz CT molecular complexity index is 1220. The highest BCUT2D eigenvalue weighted by Gasteiger charge is 2.16. The van der Waals surface area contributed by atoms with Gasteiger partial charge in [-0.25, -0.2) is 9.18 Å². The summed E-state index contributed by atoms with van der Waals surface area (Å²) in [5.74, 6) is -1.20. The third-order valence-corrected chi connectivity index (χ3v) is 6.85. The highest BCUT2D eigenvalue weighted by atomic mass is 79.9. The van der Waals surface area contributed by atoms with Crippen LogP contribution in [-0.4, -0.2) is 29.5 Å². The summed E-state index contributed by atoms with van der Waals surface area (Å²) in [6, 6.07) is 12.2. The van der Waals surface area contributed by atoms with Gasteiger partial charge in [0.05, 0.1) is 21.7 Å². The number of carboxylic acids is 1. The average molecular weight is 586 g/mol. The number of phenols is 1. The lowest BCUT2D eigenvalue weighted by molar-refractivity contribution is 0.0691. The van der Waals surface area contributed by atoms with E-state index >= 15 is 0 Å². The average Bonchev–Trinajstić information content (AvgIpc) is 2.67. The van der Waals surface area contributed by atoms with E-state index < -0.39 is 24.5 Å². The molecule has 0 amide bonds. The molecule has 0 aromatic heterocycles. The number of ether oxygens (including phenoxy) is 1. The zero-order valence-corrected chi connectivity index (χ0v) is 21.3. The Hall–Kier alpha value is -2.15. The van der Waals surface area contributed by atoms with Crippen molar-refractivity contribution in [3.8, 4) is 17.2 Å². The first-order chi connectivity index (χ1) is 14.9. The zero-order valence-electron chi connectivity index (χ0n) is 17.2. The van der Waals surface area contributed by atoms with Crippen molar-refractivity contribution >= 4 is 45.0 Å². The molecular weight excluding hydrogens is 566 g/mol. The van der Waals surface area contributed by atoms with E-state index in [4.69, 9.17) is 9.84 Å². The minimum atomic E-state index is -2.24. The number of rotatable bonds is 7. The summed E-state index contributed by atoms with van der Waals surface area (Å²) in [5, 5.41) is 19.4. The second-order valence-electron chi connectivity index (χ2n) is 7.81. The normalized spacial score (nSPS) is 11.4. The highest BCUT2D eigenvalue weighted by molar-refractivity contribution is 9.11. The van der Waals surface area contributed by atoms with Crippen LogP contribution >= 0.6 is 39.0 Å². The van der Waals surface area contributed by atoms with Crippen molar-refractivity contribution in [2.45, 2.75) is 12.6 Å². The molecule has 3 rings (SSSR count). The first kappa shape index (κ1) is 24.5. The van der Waals surface area contributed by atoms with Gasteiger partial charge in [0.25, 0.3) is 0 Å². The van der Waals surface area contributed by atoms with Crippen LogP contribution in [0.15, 0.2) is 57.5 Å². The Balaban J connectivity index is 1.88. The fourth-order valence-electron chi connectivity index (χ4n) is 3.19. The molecule has 0 fully saturated rings. The molecule has 0 saturated carbocycles. The molecule has 5 nitrogen and oxygen atoms in total. The monoisotopic (exact) mass is 584 g/mol. The van der Waals surface area contributed by atoms with Crippen molar-refractivity contribution in [1.29, 1.82) is 0 Å². The van der Waals surface area contributed by atoms with Crippen molar-refractivity contribution in [1.82, 2.24) is 0 Å². The second kappa shape index (κ2) is 9.77. The van der Waals surface area contributed by atoms with Gasteiger partial charge in [-0.3, -0.25) is 0 Å². The maximum absolute atomic E-state index is 13.7. The van der Waals surface area contributed by atoms with E-state index in [9.17, 15) is 18.9 Å². The number of aromatic carboxylic acids is 1. The van der Waals surface area contributed by atoms with Gasteiger partial charge in [0, 0.05) is 18.1 Å². The number of halogens is 3. The Kier molecular flexibility index (Phi) is 7.48. The van der Waals surface area contributed by atoms with Crippen LogP contribution in [0.1, 0.15) is 27.0 Å². The third-order valence-electron chi connectivity index (χ3n) is 4.55. The molecule has 3 aromatic carbocycles. The standard InChI is InChI=1S/C23H20Br2FO5P/c1-32(2,30)12-14-9-18(24)22(19(25)10-14)31-16-4-6-21(27)15(11-16)7-13-3-5-20(26)17(8-13)23(28)29/h3-6,8-11,27H,7,12H2,1-2H3,(H,28,29).